The Morgan fingerprint density at radius 1 is 0.438 bits per heavy atom. The van der Waals surface area contributed by atoms with E-state index in [1.165, 1.54) is 0 Å². The Balaban J connectivity index is 1.19. The Morgan fingerprint density at radius 3 is 2.08 bits per heavy atom. The van der Waals surface area contributed by atoms with Crippen molar-refractivity contribution < 1.29 is 12.3 Å². The van der Waals surface area contributed by atoms with Gasteiger partial charge in [-0.2, -0.15) is 0 Å². The summed E-state index contributed by atoms with van der Waals surface area (Å²) < 4.78 is 81.4. The number of hydrogen-bond donors (Lipinski definition) is 0. The Hall–Kier alpha value is -5.83. The molecule has 10 rings (SSSR count). The number of rotatable bonds is 4. The molecule has 1 nitrogen and oxygen atoms in total. The zero-order chi connectivity index (χ0) is 39.4. The van der Waals surface area contributed by atoms with Crippen LogP contribution >= 0.6 is 11.8 Å². The topological polar surface area (TPSA) is 4.93 Å². The molecule has 1 aliphatic heterocycles. The lowest BCUT2D eigenvalue weighted by Gasteiger charge is -2.22. The van der Waals surface area contributed by atoms with Crippen molar-refractivity contribution >= 4 is 44.3 Å². The van der Waals surface area contributed by atoms with E-state index in [1.54, 1.807) is 11.8 Å². The molecule has 0 radical (unpaired) electrons. The van der Waals surface area contributed by atoms with Crippen LogP contribution in [-0.2, 0) is 0 Å². The molecule has 0 spiro atoms. The van der Waals surface area contributed by atoms with E-state index in [-0.39, 0.29) is 52.9 Å². The molecule has 0 saturated heterocycles. The van der Waals surface area contributed by atoms with Gasteiger partial charge in [0.1, 0.15) is 0 Å². The Kier molecular flexibility index (Phi) is 4.47. The first-order valence-electron chi connectivity index (χ1n) is 20.2. The van der Waals surface area contributed by atoms with Gasteiger partial charge in [0.15, 0.2) is 0 Å². The minimum atomic E-state index is -0.441. The van der Waals surface area contributed by atoms with E-state index in [1.807, 2.05) is 115 Å². The average molecular weight is 637 g/mol. The van der Waals surface area contributed by atoms with Crippen molar-refractivity contribution in [2.45, 2.75) is 9.79 Å². The molecule has 0 atom stereocenters. The predicted molar refractivity (Wildman–Crippen MR) is 204 cm³/mol. The second-order valence-corrected chi connectivity index (χ2v) is 12.9. The highest BCUT2D eigenvalue weighted by Crippen LogP contribution is 2.50. The molecule has 2 heteroatoms. The summed E-state index contributed by atoms with van der Waals surface area (Å²) in [6, 6.07) is 36.9. The van der Waals surface area contributed by atoms with E-state index >= 15 is 0 Å². The van der Waals surface area contributed by atoms with Gasteiger partial charge in [-0.05, 0) is 98.4 Å². The van der Waals surface area contributed by atoms with Crippen molar-refractivity contribution in [1.29, 1.82) is 0 Å². The summed E-state index contributed by atoms with van der Waals surface area (Å²) in [5, 5.41) is 3.43. The molecule has 0 bridgehead atoms. The van der Waals surface area contributed by atoms with Gasteiger partial charge in [-0.15, -0.1) is 0 Å². The summed E-state index contributed by atoms with van der Waals surface area (Å²) in [4.78, 5) is 1.91. The normalized spacial score (nSPS) is 14.7. The first-order valence-corrected chi connectivity index (χ1v) is 16.5. The van der Waals surface area contributed by atoms with Gasteiger partial charge in [-0.25, -0.2) is 0 Å². The molecule has 2 heterocycles. The Morgan fingerprint density at radius 2 is 1.17 bits per heavy atom. The van der Waals surface area contributed by atoms with Crippen molar-refractivity contribution in [3.05, 3.63) is 176 Å². The summed E-state index contributed by atoms with van der Waals surface area (Å²) in [7, 11) is 0. The number of para-hydroxylation sites is 2. The number of benzene rings is 8. The van der Waals surface area contributed by atoms with E-state index in [4.69, 9.17) is 9.60 Å². The van der Waals surface area contributed by atoms with Crippen LogP contribution in [0.2, 0.25) is 0 Å². The summed E-state index contributed by atoms with van der Waals surface area (Å²) in [5.74, 6) is 0. The molecule has 0 unspecified atom stereocenters. The summed E-state index contributed by atoms with van der Waals surface area (Å²) in [6.45, 7) is 0. The van der Waals surface area contributed by atoms with Crippen LogP contribution in [-0.4, -0.2) is 4.57 Å². The molecule has 1 aromatic heterocycles. The van der Waals surface area contributed by atoms with Crippen LogP contribution in [0, 0.1) is 0 Å². The summed E-state index contributed by atoms with van der Waals surface area (Å²) in [6.07, 6.45) is 0. The van der Waals surface area contributed by atoms with E-state index in [2.05, 4.69) is 10.6 Å². The second-order valence-electron chi connectivity index (χ2n) is 11.8. The van der Waals surface area contributed by atoms with E-state index in [0.29, 0.717) is 16.7 Å². The maximum absolute atomic E-state index is 9.72. The first-order chi connectivity index (χ1) is 27.6. The maximum Gasteiger partial charge on any atom is 0.0636 e. The fourth-order valence-electron chi connectivity index (χ4n) is 7.10. The Labute approximate surface area is 296 Å². The van der Waals surface area contributed by atoms with Crippen molar-refractivity contribution in [3.63, 3.8) is 0 Å². The van der Waals surface area contributed by atoms with Gasteiger partial charge in [0, 0.05) is 31.6 Å². The lowest BCUT2D eigenvalue weighted by Crippen LogP contribution is -1.95. The first kappa shape index (κ1) is 19.7. The highest BCUT2D eigenvalue weighted by atomic mass is 32.2. The fourth-order valence-corrected chi connectivity index (χ4v) is 8.21. The third-order valence-corrected chi connectivity index (χ3v) is 10.3. The smallest absolute Gasteiger partial charge is 0.0636 e. The van der Waals surface area contributed by atoms with Crippen molar-refractivity contribution in [3.8, 4) is 50.2 Å². The molecule has 0 fully saturated rings. The SMILES string of the molecule is [2H]c1c([2H])c([2H])c(-c2ccc3c4c(cccc24)-c2cc(-c4c([2H])c([2H])c([2H])c(-c5cccc6c5c5ccccc5n6-c5ccccc5)c4[2H])ccc2S3)c([2H])c1[2H]. The third-order valence-electron chi connectivity index (χ3n) is 9.16. The molecule has 1 aliphatic rings. The molecule has 0 saturated carbocycles. The Bertz CT molecular complexity index is 3180. The number of aromatic nitrogens is 1. The zero-order valence-electron chi connectivity index (χ0n) is 34.4. The van der Waals surface area contributed by atoms with Crippen LogP contribution in [0.15, 0.2) is 186 Å². The minimum Gasteiger partial charge on any atom is -0.309 e. The van der Waals surface area contributed by atoms with Crippen molar-refractivity contribution in [2.75, 3.05) is 0 Å². The maximum atomic E-state index is 9.72. The molecule has 8 aromatic carbocycles. The third kappa shape index (κ3) is 4.20. The number of nitrogens with zero attached hydrogens (tertiary/aromatic N) is 1. The monoisotopic (exact) mass is 636 g/mol. The molecule has 224 valence electrons. The highest BCUT2D eigenvalue weighted by molar-refractivity contribution is 7.99. The zero-order valence-corrected chi connectivity index (χ0v) is 26.2. The molecule has 0 amide bonds. The quantitative estimate of drug-likeness (QED) is 0.186. The van der Waals surface area contributed by atoms with E-state index in [9.17, 15) is 2.74 Å². The molecule has 48 heavy (non-hydrogen) atoms. The minimum absolute atomic E-state index is 0.00413. The van der Waals surface area contributed by atoms with Gasteiger partial charge in [0.25, 0.3) is 0 Å². The molecule has 9 aromatic rings. The van der Waals surface area contributed by atoms with Gasteiger partial charge in [-0.3, -0.25) is 0 Å². The van der Waals surface area contributed by atoms with Gasteiger partial charge in [0.05, 0.1) is 23.4 Å². The lowest BCUT2D eigenvalue weighted by atomic mass is 9.90. The lowest BCUT2D eigenvalue weighted by molar-refractivity contribution is 1.18. The van der Waals surface area contributed by atoms with Crippen LogP contribution in [0.4, 0.5) is 0 Å². The van der Waals surface area contributed by atoms with Crippen molar-refractivity contribution in [1.82, 2.24) is 4.57 Å². The second kappa shape index (κ2) is 10.9. The van der Waals surface area contributed by atoms with Crippen LogP contribution in [0.3, 0.4) is 0 Å². The van der Waals surface area contributed by atoms with Crippen LogP contribution in [0.25, 0.3) is 82.8 Å². The average Bonchev–Trinajstić information content (AvgIpc) is 3.58. The fraction of sp³-hybridized carbons (Fsp3) is 0. The molecule has 0 aliphatic carbocycles. The van der Waals surface area contributed by atoms with Gasteiger partial charge in [-0.1, -0.05) is 139 Å². The van der Waals surface area contributed by atoms with Crippen LogP contribution in [0.1, 0.15) is 12.3 Å². The van der Waals surface area contributed by atoms with Crippen LogP contribution in [0.5, 0.6) is 0 Å². The number of hydrogen-bond acceptors (Lipinski definition) is 1. The van der Waals surface area contributed by atoms with Crippen LogP contribution < -0.4 is 0 Å². The standard InChI is InChI=1S/C46H29NS/c1-3-12-30(13-4-1)35-25-27-44-46-37(35)20-10-21-38(46)40-29-32(24-26-43(40)48-44)31-14-9-15-33(28-31)36-19-11-23-42-45(36)39-18-7-8-22-41(39)47(42)34-16-5-2-6-17-34/h1-29H/i1D,3D,4D,9D,12D,13D,14D,15D,28D. The summed E-state index contributed by atoms with van der Waals surface area (Å²) >= 11 is 1.56. The number of fused-ring (bicyclic) bond motifs is 5. The molecular weight excluding hydrogens is 599 g/mol. The van der Waals surface area contributed by atoms with Crippen molar-refractivity contribution in [2.24, 2.45) is 0 Å². The highest BCUT2D eigenvalue weighted by Gasteiger charge is 2.22. The summed E-state index contributed by atoms with van der Waals surface area (Å²) in [5.41, 5.74) is 7.01. The van der Waals surface area contributed by atoms with Gasteiger partial charge in [0.2, 0.25) is 0 Å². The molecule has 0 N–H and O–H groups in total. The van der Waals surface area contributed by atoms with E-state index < -0.39 is 18.1 Å². The van der Waals surface area contributed by atoms with E-state index in [0.717, 1.165) is 59.2 Å². The van der Waals surface area contributed by atoms with Gasteiger partial charge < -0.3 is 4.57 Å². The molecular formula is C46H29NS. The van der Waals surface area contributed by atoms with Gasteiger partial charge >= 0.3 is 0 Å². The predicted octanol–water partition coefficient (Wildman–Crippen LogP) is 13.1. The largest absolute Gasteiger partial charge is 0.309 e.